The summed E-state index contributed by atoms with van der Waals surface area (Å²) in [6, 6.07) is 15.3. The first-order chi connectivity index (χ1) is 10.6. The van der Waals surface area contributed by atoms with Gasteiger partial charge >= 0.3 is 0 Å². The van der Waals surface area contributed by atoms with E-state index in [1.165, 1.54) is 0 Å². The Bertz CT molecular complexity index is 805. The molecular weight excluding hydrogens is 280 g/mol. The number of ether oxygens (including phenoxy) is 1. The number of carbonyl (C=O) groups excluding carboxylic acids is 1. The summed E-state index contributed by atoms with van der Waals surface area (Å²) in [5.41, 5.74) is 0. The van der Waals surface area contributed by atoms with Gasteiger partial charge < -0.3 is 14.6 Å². The zero-order valence-electron chi connectivity index (χ0n) is 12.4. The third-order valence-corrected chi connectivity index (χ3v) is 3.30. The number of fused-ring (bicyclic) bond motifs is 1. The summed E-state index contributed by atoms with van der Waals surface area (Å²) in [5.74, 6) is 1.42. The Kier molecular flexibility index (Phi) is 3.78. The first kappa shape index (κ1) is 14.1. The number of carbonyl (C=O) groups is 1. The van der Waals surface area contributed by atoms with E-state index in [9.17, 15) is 4.79 Å². The third kappa shape index (κ3) is 2.93. The topological polar surface area (TPSA) is 64.4 Å². The zero-order valence-corrected chi connectivity index (χ0v) is 12.4. The monoisotopic (exact) mass is 296 g/mol. The smallest absolute Gasteiger partial charge is 0.266 e. The summed E-state index contributed by atoms with van der Waals surface area (Å²) >= 11 is 0. The molecule has 0 aliphatic rings. The van der Waals surface area contributed by atoms with Gasteiger partial charge in [0.1, 0.15) is 11.5 Å². The van der Waals surface area contributed by atoms with E-state index in [0.29, 0.717) is 17.3 Å². The minimum atomic E-state index is -0.650. The number of aromatic nitrogens is 1. The molecule has 3 rings (SSSR count). The Morgan fingerprint density at radius 2 is 2.00 bits per heavy atom. The molecule has 0 unspecified atom stereocenters. The normalized spacial score (nSPS) is 12.1. The molecule has 3 aromatic rings. The van der Waals surface area contributed by atoms with Crippen LogP contribution >= 0.6 is 0 Å². The number of amides is 1. The summed E-state index contributed by atoms with van der Waals surface area (Å²) in [4.78, 5) is 12.1. The van der Waals surface area contributed by atoms with Crippen LogP contribution < -0.4 is 10.1 Å². The van der Waals surface area contributed by atoms with Gasteiger partial charge in [-0.15, -0.1) is 0 Å². The van der Waals surface area contributed by atoms with Crippen molar-refractivity contribution in [3.63, 3.8) is 0 Å². The lowest BCUT2D eigenvalue weighted by Crippen LogP contribution is -2.30. The molecule has 0 aliphatic carbocycles. The summed E-state index contributed by atoms with van der Waals surface area (Å²) in [6.07, 6.45) is -0.650. The van der Waals surface area contributed by atoms with Gasteiger partial charge in [-0.05, 0) is 25.3 Å². The minimum Gasteiger partial charge on any atom is -0.480 e. The van der Waals surface area contributed by atoms with Gasteiger partial charge in [-0.25, -0.2) is 0 Å². The van der Waals surface area contributed by atoms with E-state index in [0.717, 1.165) is 10.8 Å². The van der Waals surface area contributed by atoms with E-state index in [-0.39, 0.29) is 5.91 Å². The molecule has 0 spiro atoms. The molecule has 0 saturated carbocycles. The molecule has 2 aromatic carbocycles. The van der Waals surface area contributed by atoms with Gasteiger partial charge in [-0.2, -0.15) is 0 Å². The van der Waals surface area contributed by atoms with Crippen LogP contribution in [0, 0.1) is 6.92 Å². The quantitative estimate of drug-likeness (QED) is 0.799. The molecule has 1 N–H and O–H groups in total. The van der Waals surface area contributed by atoms with Crippen LogP contribution in [-0.4, -0.2) is 17.2 Å². The Morgan fingerprint density at radius 1 is 1.23 bits per heavy atom. The molecule has 1 aromatic heterocycles. The van der Waals surface area contributed by atoms with Gasteiger partial charge in [0, 0.05) is 11.5 Å². The fourth-order valence-corrected chi connectivity index (χ4v) is 2.20. The highest BCUT2D eigenvalue weighted by Gasteiger charge is 2.17. The van der Waals surface area contributed by atoms with E-state index in [4.69, 9.17) is 9.26 Å². The lowest BCUT2D eigenvalue weighted by atomic mass is 10.1. The standard InChI is InChI=1S/C17H16N2O3/c1-11-10-16(19-22-11)18-17(20)12(2)21-15-9-5-7-13-6-3-4-8-14(13)15/h3-10,12H,1-2H3,(H,18,19,20)/t12-/m1/s1. The molecule has 5 nitrogen and oxygen atoms in total. The average molecular weight is 296 g/mol. The molecule has 1 heterocycles. The first-order valence-electron chi connectivity index (χ1n) is 7.02. The summed E-state index contributed by atoms with van der Waals surface area (Å²) < 4.78 is 10.7. The Hall–Kier alpha value is -2.82. The van der Waals surface area contributed by atoms with Crippen molar-refractivity contribution in [3.05, 3.63) is 54.3 Å². The van der Waals surface area contributed by atoms with Crippen molar-refractivity contribution in [3.8, 4) is 5.75 Å². The number of nitrogens with zero attached hydrogens (tertiary/aromatic N) is 1. The molecule has 112 valence electrons. The SMILES string of the molecule is Cc1cc(NC(=O)[C@@H](C)Oc2cccc3ccccc23)no1. The fraction of sp³-hybridized carbons (Fsp3) is 0.176. The molecule has 1 atom stereocenters. The molecule has 22 heavy (non-hydrogen) atoms. The van der Waals surface area contributed by atoms with Crippen molar-refractivity contribution in [2.45, 2.75) is 20.0 Å². The maximum atomic E-state index is 12.1. The van der Waals surface area contributed by atoms with Crippen LogP contribution in [0.15, 0.2) is 53.1 Å². The predicted molar refractivity (Wildman–Crippen MR) is 83.9 cm³/mol. The molecule has 1 amide bonds. The summed E-state index contributed by atoms with van der Waals surface area (Å²) in [6.45, 7) is 3.46. The fourth-order valence-electron chi connectivity index (χ4n) is 2.20. The lowest BCUT2D eigenvalue weighted by molar-refractivity contribution is -0.122. The Morgan fingerprint density at radius 3 is 2.77 bits per heavy atom. The van der Waals surface area contributed by atoms with E-state index in [1.807, 2.05) is 42.5 Å². The van der Waals surface area contributed by atoms with Gasteiger partial charge in [-0.3, -0.25) is 4.79 Å². The second-order valence-electron chi connectivity index (χ2n) is 5.05. The highest BCUT2D eigenvalue weighted by molar-refractivity contribution is 5.94. The van der Waals surface area contributed by atoms with Crippen LogP contribution in [0.3, 0.4) is 0 Å². The molecule has 0 bridgehead atoms. The number of rotatable bonds is 4. The predicted octanol–water partition coefficient (Wildman–Crippen LogP) is 3.54. The van der Waals surface area contributed by atoms with Crippen molar-refractivity contribution >= 4 is 22.5 Å². The minimum absolute atomic E-state index is 0.277. The second kappa shape index (κ2) is 5.89. The average Bonchev–Trinajstić information content (AvgIpc) is 2.92. The summed E-state index contributed by atoms with van der Waals surface area (Å²) in [5, 5.41) is 8.44. The Balaban J connectivity index is 1.75. The molecule has 0 radical (unpaired) electrons. The van der Waals surface area contributed by atoms with Crippen molar-refractivity contribution in [1.29, 1.82) is 0 Å². The summed E-state index contributed by atoms with van der Waals surface area (Å²) in [7, 11) is 0. The molecule has 0 aliphatic heterocycles. The van der Waals surface area contributed by atoms with Crippen LogP contribution in [0.2, 0.25) is 0 Å². The molecule has 0 fully saturated rings. The molecular formula is C17H16N2O3. The largest absolute Gasteiger partial charge is 0.480 e. The van der Waals surface area contributed by atoms with Gasteiger partial charge in [0.25, 0.3) is 5.91 Å². The van der Waals surface area contributed by atoms with Gasteiger partial charge in [0.2, 0.25) is 0 Å². The number of aryl methyl sites for hydroxylation is 1. The van der Waals surface area contributed by atoms with Crippen LogP contribution in [0.25, 0.3) is 10.8 Å². The second-order valence-corrected chi connectivity index (χ2v) is 5.05. The van der Waals surface area contributed by atoms with Crippen molar-refractivity contribution in [2.75, 3.05) is 5.32 Å². The van der Waals surface area contributed by atoms with Crippen molar-refractivity contribution in [1.82, 2.24) is 5.16 Å². The van der Waals surface area contributed by atoms with Crippen LogP contribution in [0.1, 0.15) is 12.7 Å². The third-order valence-electron chi connectivity index (χ3n) is 3.30. The number of anilines is 1. The first-order valence-corrected chi connectivity index (χ1v) is 7.02. The maximum absolute atomic E-state index is 12.1. The van der Waals surface area contributed by atoms with Crippen molar-refractivity contribution in [2.24, 2.45) is 0 Å². The van der Waals surface area contributed by atoms with E-state index >= 15 is 0 Å². The number of hydrogen-bond donors (Lipinski definition) is 1. The maximum Gasteiger partial charge on any atom is 0.266 e. The molecule has 5 heteroatoms. The van der Waals surface area contributed by atoms with Crippen LogP contribution in [-0.2, 0) is 4.79 Å². The van der Waals surface area contributed by atoms with Gasteiger partial charge in [0.15, 0.2) is 11.9 Å². The van der Waals surface area contributed by atoms with Crippen LogP contribution in [0.4, 0.5) is 5.82 Å². The van der Waals surface area contributed by atoms with Crippen molar-refractivity contribution < 1.29 is 14.1 Å². The zero-order chi connectivity index (χ0) is 15.5. The number of hydrogen-bond acceptors (Lipinski definition) is 4. The van der Waals surface area contributed by atoms with E-state index in [2.05, 4.69) is 10.5 Å². The van der Waals surface area contributed by atoms with Crippen LogP contribution in [0.5, 0.6) is 5.75 Å². The number of nitrogens with one attached hydrogen (secondary N) is 1. The number of benzene rings is 2. The Labute approximate surface area is 127 Å². The molecule has 0 saturated heterocycles. The van der Waals surface area contributed by atoms with E-state index < -0.39 is 6.10 Å². The highest BCUT2D eigenvalue weighted by Crippen LogP contribution is 2.26. The van der Waals surface area contributed by atoms with E-state index in [1.54, 1.807) is 19.9 Å². The van der Waals surface area contributed by atoms with Gasteiger partial charge in [0.05, 0.1) is 0 Å². The highest BCUT2D eigenvalue weighted by atomic mass is 16.5. The van der Waals surface area contributed by atoms with Gasteiger partial charge in [-0.1, -0.05) is 41.6 Å². The lowest BCUT2D eigenvalue weighted by Gasteiger charge is -2.15.